The normalized spacial score (nSPS) is 10.5. The Kier molecular flexibility index (Phi) is 5.28. The molecule has 2 N–H and O–H groups in total. The fourth-order valence-corrected chi connectivity index (χ4v) is 2.56. The summed E-state index contributed by atoms with van der Waals surface area (Å²) in [5.41, 5.74) is 1.06. The van der Waals surface area contributed by atoms with Gasteiger partial charge in [-0.2, -0.15) is 4.98 Å². The first-order valence-corrected chi connectivity index (χ1v) is 8.08. The SMILES string of the molecule is O=C(Cc1noc(Cc2ccccc2Cl)n1)Nc1ccccc1C(=O)O. The predicted molar refractivity (Wildman–Crippen MR) is 94.3 cm³/mol. The number of halogens is 1. The number of rotatable bonds is 6. The van der Waals surface area contributed by atoms with Gasteiger partial charge in [0.15, 0.2) is 5.82 Å². The minimum Gasteiger partial charge on any atom is -0.478 e. The molecule has 0 aliphatic carbocycles. The molecular weight excluding hydrogens is 358 g/mol. The lowest BCUT2D eigenvalue weighted by Crippen LogP contribution is -2.17. The van der Waals surface area contributed by atoms with E-state index in [1.54, 1.807) is 18.2 Å². The van der Waals surface area contributed by atoms with Gasteiger partial charge < -0.3 is 14.9 Å². The molecule has 0 radical (unpaired) electrons. The average Bonchev–Trinajstić information content (AvgIpc) is 3.04. The third kappa shape index (κ3) is 4.25. The summed E-state index contributed by atoms with van der Waals surface area (Å²) < 4.78 is 5.14. The van der Waals surface area contributed by atoms with E-state index < -0.39 is 11.9 Å². The standard InChI is InChI=1S/C18H14ClN3O4/c19-13-7-3-1-5-11(13)9-17-21-15(22-26-17)10-16(23)20-14-8-4-2-6-12(14)18(24)25/h1-8H,9-10H2,(H,20,23)(H,24,25). The van der Waals surface area contributed by atoms with Crippen molar-refractivity contribution in [2.45, 2.75) is 12.8 Å². The number of nitrogens with one attached hydrogen (secondary N) is 1. The van der Waals surface area contributed by atoms with E-state index in [4.69, 9.17) is 21.2 Å². The zero-order valence-corrected chi connectivity index (χ0v) is 14.2. The fraction of sp³-hybridized carbons (Fsp3) is 0.111. The highest BCUT2D eigenvalue weighted by atomic mass is 35.5. The van der Waals surface area contributed by atoms with Gasteiger partial charge in [-0.1, -0.05) is 47.1 Å². The van der Waals surface area contributed by atoms with Gasteiger partial charge in [-0.25, -0.2) is 4.79 Å². The van der Waals surface area contributed by atoms with Crippen molar-refractivity contribution in [2.75, 3.05) is 5.32 Å². The second kappa shape index (κ2) is 7.79. The molecule has 0 saturated carbocycles. The molecule has 0 saturated heterocycles. The van der Waals surface area contributed by atoms with Crippen LogP contribution in [-0.2, 0) is 17.6 Å². The molecule has 0 aliphatic rings. The molecule has 0 aliphatic heterocycles. The first kappa shape index (κ1) is 17.6. The summed E-state index contributed by atoms with van der Waals surface area (Å²) >= 11 is 6.09. The van der Waals surface area contributed by atoms with Crippen LogP contribution < -0.4 is 5.32 Å². The van der Waals surface area contributed by atoms with Gasteiger partial charge in [-0.15, -0.1) is 0 Å². The number of para-hydroxylation sites is 1. The lowest BCUT2D eigenvalue weighted by Gasteiger charge is -2.06. The van der Waals surface area contributed by atoms with Crippen molar-refractivity contribution in [2.24, 2.45) is 0 Å². The van der Waals surface area contributed by atoms with Crippen molar-refractivity contribution in [1.29, 1.82) is 0 Å². The van der Waals surface area contributed by atoms with Crippen molar-refractivity contribution < 1.29 is 19.2 Å². The van der Waals surface area contributed by atoms with Crippen LogP contribution in [0.2, 0.25) is 5.02 Å². The number of aromatic nitrogens is 2. The van der Waals surface area contributed by atoms with E-state index in [1.807, 2.05) is 18.2 Å². The molecule has 0 atom stereocenters. The molecule has 7 nitrogen and oxygen atoms in total. The van der Waals surface area contributed by atoms with E-state index in [2.05, 4.69) is 15.5 Å². The van der Waals surface area contributed by atoms with Crippen LogP contribution >= 0.6 is 11.6 Å². The van der Waals surface area contributed by atoms with E-state index in [9.17, 15) is 9.59 Å². The summed E-state index contributed by atoms with van der Waals surface area (Å²) in [4.78, 5) is 27.5. The maximum absolute atomic E-state index is 12.1. The minimum atomic E-state index is -1.12. The monoisotopic (exact) mass is 371 g/mol. The molecular formula is C18H14ClN3O4. The fourth-order valence-electron chi connectivity index (χ4n) is 2.36. The highest BCUT2D eigenvalue weighted by molar-refractivity contribution is 6.31. The summed E-state index contributed by atoms with van der Waals surface area (Å²) in [5.74, 6) is -1.02. The zero-order chi connectivity index (χ0) is 18.5. The van der Waals surface area contributed by atoms with Crippen LogP contribution in [0.3, 0.4) is 0 Å². The number of carboxylic acids is 1. The number of hydrogen-bond acceptors (Lipinski definition) is 5. The van der Waals surface area contributed by atoms with Gasteiger partial charge in [0.2, 0.25) is 11.8 Å². The predicted octanol–water partition coefficient (Wildman–Crippen LogP) is 3.19. The lowest BCUT2D eigenvalue weighted by molar-refractivity contribution is -0.115. The molecule has 1 aromatic heterocycles. The summed E-state index contributed by atoms with van der Waals surface area (Å²) in [7, 11) is 0. The Morgan fingerprint density at radius 2 is 1.85 bits per heavy atom. The van der Waals surface area contributed by atoms with E-state index in [-0.39, 0.29) is 23.5 Å². The van der Waals surface area contributed by atoms with E-state index in [1.165, 1.54) is 12.1 Å². The molecule has 0 fully saturated rings. The second-order valence-corrected chi connectivity index (χ2v) is 5.86. The molecule has 3 aromatic rings. The van der Waals surface area contributed by atoms with Gasteiger partial charge in [0.1, 0.15) is 0 Å². The number of carboxylic acid groups (broad SMARTS) is 1. The van der Waals surface area contributed by atoms with Crippen molar-refractivity contribution in [3.8, 4) is 0 Å². The molecule has 0 unspecified atom stereocenters. The Hall–Kier alpha value is -3.19. The van der Waals surface area contributed by atoms with E-state index >= 15 is 0 Å². The number of anilines is 1. The van der Waals surface area contributed by atoms with Crippen LogP contribution in [0.5, 0.6) is 0 Å². The van der Waals surface area contributed by atoms with Gasteiger partial charge >= 0.3 is 5.97 Å². The maximum Gasteiger partial charge on any atom is 0.337 e. The van der Waals surface area contributed by atoms with Crippen LogP contribution in [0, 0.1) is 0 Å². The van der Waals surface area contributed by atoms with E-state index in [0.29, 0.717) is 17.3 Å². The third-order valence-electron chi connectivity index (χ3n) is 3.56. The van der Waals surface area contributed by atoms with E-state index in [0.717, 1.165) is 5.56 Å². The molecule has 0 bridgehead atoms. The molecule has 2 aromatic carbocycles. The number of nitrogens with zero attached hydrogens (tertiary/aromatic N) is 2. The van der Waals surface area contributed by atoms with Crippen LogP contribution in [0.15, 0.2) is 53.1 Å². The first-order valence-electron chi connectivity index (χ1n) is 7.70. The Morgan fingerprint density at radius 3 is 2.62 bits per heavy atom. The molecule has 132 valence electrons. The van der Waals surface area contributed by atoms with Gasteiger partial charge in [-0.3, -0.25) is 4.79 Å². The first-order chi connectivity index (χ1) is 12.5. The molecule has 8 heteroatoms. The van der Waals surface area contributed by atoms with Crippen LogP contribution in [0.25, 0.3) is 0 Å². The number of amides is 1. The van der Waals surface area contributed by atoms with Gasteiger partial charge in [0.05, 0.1) is 24.1 Å². The molecule has 1 heterocycles. The number of carbonyl (C=O) groups excluding carboxylic acids is 1. The summed E-state index contributed by atoms with van der Waals surface area (Å²) in [5, 5.41) is 16.0. The third-order valence-corrected chi connectivity index (χ3v) is 3.93. The lowest BCUT2D eigenvalue weighted by atomic mass is 10.1. The van der Waals surface area contributed by atoms with Gasteiger partial charge in [0.25, 0.3) is 0 Å². The van der Waals surface area contributed by atoms with Gasteiger partial charge in [0, 0.05) is 5.02 Å². The topological polar surface area (TPSA) is 105 Å². The number of aromatic carboxylic acids is 1. The van der Waals surface area contributed by atoms with Crippen molar-refractivity contribution in [3.05, 3.63) is 76.4 Å². The van der Waals surface area contributed by atoms with Gasteiger partial charge in [-0.05, 0) is 23.8 Å². The Bertz CT molecular complexity index is 955. The quantitative estimate of drug-likeness (QED) is 0.689. The Labute approximate surface area is 153 Å². The smallest absolute Gasteiger partial charge is 0.337 e. The number of hydrogen-bond donors (Lipinski definition) is 2. The Balaban J connectivity index is 1.65. The minimum absolute atomic E-state index is 0.00775. The summed E-state index contributed by atoms with van der Waals surface area (Å²) in [6.07, 6.45) is 0.218. The molecule has 26 heavy (non-hydrogen) atoms. The van der Waals surface area contributed by atoms with Crippen molar-refractivity contribution >= 4 is 29.2 Å². The van der Waals surface area contributed by atoms with Crippen molar-refractivity contribution in [1.82, 2.24) is 10.1 Å². The van der Waals surface area contributed by atoms with Crippen LogP contribution in [0.1, 0.15) is 27.6 Å². The van der Waals surface area contributed by atoms with Crippen LogP contribution in [0.4, 0.5) is 5.69 Å². The highest BCUT2D eigenvalue weighted by Gasteiger charge is 2.15. The average molecular weight is 372 g/mol. The number of carbonyl (C=O) groups is 2. The van der Waals surface area contributed by atoms with Crippen LogP contribution in [-0.4, -0.2) is 27.1 Å². The molecule has 3 rings (SSSR count). The maximum atomic E-state index is 12.1. The second-order valence-electron chi connectivity index (χ2n) is 5.45. The summed E-state index contributed by atoms with van der Waals surface area (Å²) in [6, 6.07) is 13.4. The highest BCUT2D eigenvalue weighted by Crippen LogP contribution is 2.18. The number of benzene rings is 2. The Morgan fingerprint density at radius 1 is 1.12 bits per heavy atom. The van der Waals surface area contributed by atoms with Crippen molar-refractivity contribution in [3.63, 3.8) is 0 Å². The summed E-state index contributed by atoms with van der Waals surface area (Å²) in [6.45, 7) is 0. The largest absolute Gasteiger partial charge is 0.478 e. The molecule has 0 spiro atoms. The molecule has 1 amide bonds. The zero-order valence-electron chi connectivity index (χ0n) is 13.5.